The number of aromatic nitrogens is 2. The second kappa shape index (κ2) is 6.95. The fourth-order valence-electron chi connectivity index (χ4n) is 2.56. The third kappa shape index (κ3) is 3.36. The minimum absolute atomic E-state index is 0.640. The van der Waals surface area contributed by atoms with Gasteiger partial charge in [0.15, 0.2) is 0 Å². The minimum atomic E-state index is 0.640. The normalized spacial score (nSPS) is 16.1. The summed E-state index contributed by atoms with van der Waals surface area (Å²) in [4.78, 5) is 11.1. The predicted octanol–water partition coefficient (Wildman–Crippen LogP) is 2.30. The van der Waals surface area contributed by atoms with E-state index in [1.807, 2.05) is 6.26 Å². The van der Waals surface area contributed by atoms with Crippen LogP contribution in [0.25, 0.3) is 0 Å². The van der Waals surface area contributed by atoms with Gasteiger partial charge in [0.2, 0.25) is 0 Å². The lowest BCUT2D eigenvalue weighted by atomic mass is 10.2. The zero-order valence-electron chi connectivity index (χ0n) is 11.0. The van der Waals surface area contributed by atoms with Crippen molar-refractivity contribution in [3.63, 3.8) is 0 Å². The third-order valence-electron chi connectivity index (χ3n) is 3.50. The first kappa shape index (κ1) is 13.6. The van der Waals surface area contributed by atoms with Crippen molar-refractivity contribution in [2.45, 2.75) is 43.2 Å². The highest BCUT2D eigenvalue weighted by Gasteiger charge is 2.23. The van der Waals surface area contributed by atoms with Gasteiger partial charge in [-0.05, 0) is 32.1 Å². The van der Waals surface area contributed by atoms with Crippen LogP contribution in [0.3, 0.4) is 0 Å². The van der Waals surface area contributed by atoms with Crippen molar-refractivity contribution in [2.24, 2.45) is 5.73 Å². The SMILES string of the molecule is CSc1cc(N(CCCN)C2CCCC2)ncn1. The molecule has 1 fully saturated rings. The Labute approximate surface area is 113 Å². The van der Waals surface area contributed by atoms with Crippen molar-refractivity contribution in [1.82, 2.24) is 9.97 Å². The predicted molar refractivity (Wildman–Crippen MR) is 77.1 cm³/mol. The van der Waals surface area contributed by atoms with Crippen LogP contribution < -0.4 is 10.6 Å². The summed E-state index contributed by atoms with van der Waals surface area (Å²) in [7, 11) is 0. The van der Waals surface area contributed by atoms with Gasteiger partial charge in [0.05, 0.1) is 0 Å². The molecule has 1 aliphatic carbocycles. The highest BCUT2D eigenvalue weighted by atomic mass is 32.2. The lowest BCUT2D eigenvalue weighted by molar-refractivity contribution is 0.585. The van der Waals surface area contributed by atoms with E-state index in [0.717, 1.165) is 30.4 Å². The Bertz CT molecular complexity index is 366. The van der Waals surface area contributed by atoms with Gasteiger partial charge in [0.1, 0.15) is 17.2 Å². The lowest BCUT2D eigenvalue weighted by Gasteiger charge is -2.30. The number of hydrogen-bond acceptors (Lipinski definition) is 5. The van der Waals surface area contributed by atoms with Gasteiger partial charge in [-0.3, -0.25) is 0 Å². The molecule has 2 N–H and O–H groups in total. The van der Waals surface area contributed by atoms with Gasteiger partial charge in [-0.15, -0.1) is 11.8 Å². The highest BCUT2D eigenvalue weighted by Crippen LogP contribution is 2.28. The summed E-state index contributed by atoms with van der Waals surface area (Å²) >= 11 is 1.66. The fourth-order valence-corrected chi connectivity index (χ4v) is 2.94. The molecule has 2 rings (SSSR count). The Kier molecular flexibility index (Phi) is 5.26. The smallest absolute Gasteiger partial charge is 0.133 e. The molecule has 0 unspecified atom stereocenters. The summed E-state index contributed by atoms with van der Waals surface area (Å²) < 4.78 is 0. The van der Waals surface area contributed by atoms with E-state index in [2.05, 4.69) is 20.9 Å². The lowest BCUT2D eigenvalue weighted by Crippen LogP contribution is -2.35. The van der Waals surface area contributed by atoms with E-state index in [1.165, 1.54) is 25.7 Å². The summed E-state index contributed by atoms with van der Waals surface area (Å²) in [5, 5.41) is 1.04. The summed E-state index contributed by atoms with van der Waals surface area (Å²) in [6, 6.07) is 2.74. The van der Waals surface area contributed by atoms with E-state index >= 15 is 0 Å². The molecule has 1 heterocycles. The second-order valence-electron chi connectivity index (χ2n) is 4.69. The number of nitrogens with two attached hydrogens (primary N) is 1. The minimum Gasteiger partial charge on any atom is -0.353 e. The van der Waals surface area contributed by atoms with Crippen LogP contribution in [0.15, 0.2) is 17.4 Å². The second-order valence-corrected chi connectivity index (χ2v) is 5.52. The topological polar surface area (TPSA) is 55.0 Å². The molecule has 1 aromatic heterocycles. The molecule has 0 spiro atoms. The number of anilines is 1. The Morgan fingerprint density at radius 3 is 2.83 bits per heavy atom. The molecular weight excluding hydrogens is 244 g/mol. The van der Waals surface area contributed by atoms with Gasteiger partial charge >= 0.3 is 0 Å². The van der Waals surface area contributed by atoms with Gasteiger partial charge in [-0.25, -0.2) is 9.97 Å². The van der Waals surface area contributed by atoms with Crippen LogP contribution in [-0.4, -0.2) is 35.4 Å². The molecule has 1 aromatic rings. The quantitative estimate of drug-likeness (QED) is 0.632. The fraction of sp³-hybridized carbons (Fsp3) is 0.692. The Hall–Kier alpha value is -0.810. The van der Waals surface area contributed by atoms with Crippen LogP contribution in [0.4, 0.5) is 5.82 Å². The van der Waals surface area contributed by atoms with Crippen molar-refractivity contribution in [3.05, 3.63) is 12.4 Å². The van der Waals surface area contributed by atoms with Crippen LogP contribution in [0.2, 0.25) is 0 Å². The van der Waals surface area contributed by atoms with Crippen LogP contribution in [-0.2, 0) is 0 Å². The zero-order valence-corrected chi connectivity index (χ0v) is 11.8. The molecule has 100 valence electrons. The largest absolute Gasteiger partial charge is 0.353 e. The molecule has 18 heavy (non-hydrogen) atoms. The van der Waals surface area contributed by atoms with Gasteiger partial charge < -0.3 is 10.6 Å². The average Bonchev–Trinajstić information content (AvgIpc) is 2.93. The summed E-state index contributed by atoms with van der Waals surface area (Å²) in [5.41, 5.74) is 5.65. The maximum Gasteiger partial charge on any atom is 0.133 e. The molecular formula is C13H22N4S. The van der Waals surface area contributed by atoms with Crippen LogP contribution in [0, 0.1) is 0 Å². The molecule has 1 aliphatic rings. The van der Waals surface area contributed by atoms with Gasteiger partial charge in [-0.1, -0.05) is 12.8 Å². The zero-order chi connectivity index (χ0) is 12.8. The van der Waals surface area contributed by atoms with Crippen molar-refractivity contribution in [1.29, 1.82) is 0 Å². The molecule has 0 saturated heterocycles. The molecule has 0 radical (unpaired) electrons. The molecule has 4 nitrogen and oxygen atoms in total. The summed E-state index contributed by atoms with van der Waals surface area (Å²) in [5.74, 6) is 1.06. The first-order valence-corrected chi connectivity index (χ1v) is 7.90. The van der Waals surface area contributed by atoms with E-state index in [0.29, 0.717) is 6.04 Å². The Morgan fingerprint density at radius 1 is 1.39 bits per heavy atom. The van der Waals surface area contributed by atoms with E-state index < -0.39 is 0 Å². The number of hydrogen-bond donors (Lipinski definition) is 1. The Morgan fingerprint density at radius 2 is 2.17 bits per heavy atom. The van der Waals surface area contributed by atoms with Crippen LogP contribution >= 0.6 is 11.8 Å². The standard InChI is InChI=1S/C13H22N4S/c1-18-13-9-12(15-10-16-13)17(8-4-7-14)11-5-2-3-6-11/h9-11H,2-8,14H2,1H3. The first-order chi connectivity index (χ1) is 8.85. The molecule has 0 bridgehead atoms. The van der Waals surface area contributed by atoms with E-state index in [9.17, 15) is 0 Å². The maximum absolute atomic E-state index is 5.65. The molecule has 5 heteroatoms. The summed E-state index contributed by atoms with van der Waals surface area (Å²) in [6.45, 7) is 1.75. The van der Waals surface area contributed by atoms with E-state index in [4.69, 9.17) is 5.73 Å². The molecule has 0 atom stereocenters. The van der Waals surface area contributed by atoms with Crippen molar-refractivity contribution in [3.8, 4) is 0 Å². The first-order valence-electron chi connectivity index (χ1n) is 6.68. The number of rotatable bonds is 6. The van der Waals surface area contributed by atoms with Crippen molar-refractivity contribution < 1.29 is 0 Å². The number of nitrogens with zero attached hydrogens (tertiary/aromatic N) is 3. The van der Waals surface area contributed by atoms with Gasteiger partial charge in [0.25, 0.3) is 0 Å². The summed E-state index contributed by atoms with van der Waals surface area (Å²) in [6.07, 6.45) is 9.98. The van der Waals surface area contributed by atoms with Gasteiger partial charge in [-0.2, -0.15) is 0 Å². The number of thioether (sulfide) groups is 1. The molecule has 0 amide bonds. The monoisotopic (exact) mass is 266 g/mol. The average molecular weight is 266 g/mol. The Balaban J connectivity index is 2.14. The van der Waals surface area contributed by atoms with E-state index in [-0.39, 0.29) is 0 Å². The van der Waals surface area contributed by atoms with E-state index in [1.54, 1.807) is 18.1 Å². The highest BCUT2D eigenvalue weighted by molar-refractivity contribution is 7.98. The van der Waals surface area contributed by atoms with Crippen LogP contribution in [0.5, 0.6) is 0 Å². The van der Waals surface area contributed by atoms with Gasteiger partial charge in [0, 0.05) is 18.7 Å². The van der Waals surface area contributed by atoms with Crippen molar-refractivity contribution >= 4 is 17.6 Å². The molecule has 1 saturated carbocycles. The third-order valence-corrected chi connectivity index (χ3v) is 4.14. The molecule has 0 aliphatic heterocycles. The maximum atomic E-state index is 5.65. The van der Waals surface area contributed by atoms with Crippen LogP contribution in [0.1, 0.15) is 32.1 Å². The molecule has 0 aromatic carbocycles. The van der Waals surface area contributed by atoms with Crippen molar-refractivity contribution in [2.75, 3.05) is 24.2 Å².